The van der Waals surface area contributed by atoms with Gasteiger partial charge in [-0.15, -0.1) is 0 Å². The van der Waals surface area contributed by atoms with Crippen LogP contribution in [0.4, 0.5) is 8.78 Å². The van der Waals surface area contributed by atoms with Gasteiger partial charge in [0.05, 0.1) is 40.6 Å². The molecule has 1 fully saturated rings. The van der Waals surface area contributed by atoms with Gasteiger partial charge >= 0.3 is 6.61 Å². The number of methoxy groups -OCH3 is 3. The minimum absolute atomic E-state index is 0.0487. The summed E-state index contributed by atoms with van der Waals surface area (Å²) in [4.78, 5) is 15.1. The van der Waals surface area contributed by atoms with E-state index in [0.29, 0.717) is 44.3 Å². The van der Waals surface area contributed by atoms with Crippen LogP contribution < -0.4 is 24.3 Å². The number of rotatable bonds is 10. The minimum Gasteiger partial charge on any atom is -0.493 e. The van der Waals surface area contributed by atoms with Crippen molar-refractivity contribution in [2.24, 2.45) is 0 Å². The molecule has 1 atom stereocenters. The van der Waals surface area contributed by atoms with E-state index in [4.69, 9.17) is 18.9 Å². The minimum atomic E-state index is -2.99. The van der Waals surface area contributed by atoms with Crippen LogP contribution in [0.25, 0.3) is 0 Å². The molecule has 2 aromatic rings. The molecule has 33 heavy (non-hydrogen) atoms. The maximum atomic E-state index is 12.8. The molecular formula is C23H28F2N2O6. The number of nitrogens with zero attached hydrogens (tertiary/aromatic N) is 1. The highest BCUT2D eigenvalue weighted by Crippen LogP contribution is 2.33. The molecule has 0 aliphatic carbocycles. The predicted molar refractivity (Wildman–Crippen MR) is 117 cm³/mol. The quantitative estimate of drug-likeness (QED) is 0.577. The first-order valence-corrected chi connectivity index (χ1v) is 10.4. The van der Waals surface area contributed by atoms with Crippen molar-refractivity contribution < 1.29 is 37.3 Å². The molecule has 3 rings (SSSR count). The van der Waals surface area contributed by atoms with Crippen molar-refractivity contribution in [2.75, 3.05) is 54.2 Å². The van der Waals surface area contributed by atoms with Crippen molar-refractivity contribution in [3.05, 3.63) is 47.5 Å². The SMILES string of the molecule is COc1ccc(C(CNC(=O)c2ccc(OC(F)F)c(OC)c2)N2CCOCC2)cc1OC. The molecular weight excluding hydrogens is 438 g/mol. The first-order chi connectivity index (χ1) is 16.0. The summed E-state index contributed by atoms with van der Waals surface area (Å²) < 4.78 is 50.9. The Hall–Kier alpha value is -3.11. The van der Waals surface area contributed by atoms with Gasteiger partial charge in [-0.05, 0) is 35.9 Å². The number of halogens is 2. The third-order valence-electron chi connectivity index (χ3n) is 5.38. The Morgan fingerprint density at radius 3 is 2.24 bits per heavy atom. The Kier molecular flexibility index (Phi) is 8.67. The molecule has 1 unspecified atom stereocenters. The normalized spacial score (nSPS) is 15.1. The molecule has 8 nitrogen and oxygen atoms in total. The lowest BCUT2D eigenvalue weighted by atomic mass is 10.0. The summed E-state index contributed by atoms with van der Waals surface area (Å²) in [5, 5.41) is 2.93. The van der Waals surface area contributed by atoms with E-state index >= 15 is 0 Å². The molecule has 1 aliphatic heterocycles. The van der Waals surface area contributed by atoms with Crippen molar-refractivity contribution in [1.29, 1.82) is 0 Å². The Bertz CT molecular complexity index is 937. The molecule has 0 bridgehead atoms. The van der Waals surface area contributed by atoms with Crippen LogP contribution in [0.5, 0.6) is 23.0 Å². The van der Waals surface area contributed by atoms with Gasteiger partial charge in [0.1, 0.15) is 0 Å². The fourth-order valence-electron chi connectivity index (χ4n) is 3.70. The van der Waals surface area contributed by atoms with E-state index in [1.807, 2.05) is 18.2 Å². The fourth-order valence-corrected chi connectivity index (χ4v) is 3.70. The van der Waals surface area contributed by atoms with Crippen LogP contribution in [0.3, 0.4) is 0 Å². The average Bonchev–Trinajstić information content (AvgIpc) is 2.84. The maximum Gasteiger partial charge on any atom is 0.387 e. The number of carbonyl (C=O) groups excluding carboxylic acids is 1. The topological polar surface area (TPSA) is 78.5 Å². The number of benzene rings is 2. The van der Waals surface area contributed by atoms with Crippen LogP contribution in [0.2, 0.25) is 0 Å². The fraction of sp³-hybridized carbons (Fsp3) is 0.435. The molecule has 1 amide bonds. The van der Waals surface area contributed by atoms with Gasteiger partial charge in [0.15, 0.2) is 23.0 Å². The molecule has 1 heterocycles. The second-order valence-corrected chi connectivity index (χ2v) is 7.23. The molecule has 1 saturated heterocycles. The van der Waals surface area contributed by atoms with Crippen molar-refractivity contribution >= 4 is 5.91 Å². The second-order valence-electron chi connectivity index (χ2n) is 7.23. The molecule has 1 aliphatic rings. The number of ether oxygens (including phenoxy) is 5. The van der Waals surface area contributed by atoms with E-state index in [2.05, 4.69) is 15.0 Å². The zero-order valence-corrected chi connectivity index (χ0v) is 18.8. The summed E-state index contributed by atoms with van der Waals surface area (Å²) in [6.45, 7) is -0.0631. The molecule has 10 heteroatoms. The first-order valence-electron chi connectivity index (χ1n) is 10.4. The Labute approximate surface area is 191 Å². The molecule has 0 radical (unpaired) electrons. The molecule has 0 spiro atoms. The van der Waals surface area contributed by atoms with Crippen molar-refractivity contribution in [3.8, 4) is 23.0 Å². The second kappa shape index (κ2) is 11.7. The summed E-state index contributed by atoms with van der Waals surface area (Å²) in [5.41, 5.74) is 1.22. The molecule has 2 aromatic carbocycles. The van der Waals surface area contributed by atoms with Gasteiger partial charge < -0.3 is 29.0 Å². The van der Waals surface area contributed by atoms with Gasteiger partial charge in [-0.3, -0.25) is 9.69 Å². The van der Waals surface area contributed by atoms with Crippen LogP contribution >= 0.6 is 0 Å². The number of morpholine rings is 1. The highest BCUT2D eigenvalue weighted by molar-refractivity contribution is 5.94. The largest absolute Gasteiger partial charge is 0.493 e. The van der Waals surface area contributed by atoms with Crippen LogP contribution in [0.15, 0.2) is 36.4 Å². The van der Waals surface area contributed by atoms with Gasteiger partial charge in [-0.25, -0.2) is 0 Å². The van der Waals surface area contributed by atoms with Crippen LogP contribution in [-0.2, 0) is 4.74 Å². The average molecular weight is 466 g/mol. The first kappa shape index (κ1) is 24.5. The smallest absolute Gasteiger partial charge is 0.387 e. The monoisotopic (exact) mass is 466 g/mol. The van der Waals surface area contributed by atoms with E-state index in [-0.39, 0.29) is 29.0 Å². The lowest BCUT2D eigenvalue weighted by Gasteiger charge is -2.35. The lowest BCUT2D eigenvalue weighted by molar-refractivity contribution is -0.0512. The third-order valence-corrected chi connectivity index (χ3v) is 5.38. The molecule has 180 valence electrons. The molecule has 0 aromatic heterocycles. The lowest BCUT2D eigenvalue weighted by Crippen LogP contribution is -2.43. The zero-order valence-electron chi connectivity index (χ0n) is 18.8. The van der Waals surface area contributed by atoms with E-state index in [0.717, 1.165) is 5.56 Å². The summed E-state index contributed by atoms with van der Waals surface area (Å²) >= 11 is 0. The summed E-state index contributed by atoms with van der Waals surface area (Å²) in [6, 6.07) is 9.59. The number of alkyl halides is 2. The summed E-state index contributed by atoms with van der Waals surface area (Å²) in [5.74, 6) is 0.756. The van der Waals surface area contributed by atoms with Gasteiger partial charge in [0, 0.05) is 25.2 Å². The van der Waals surface area contributed by atoms with Crippen LogP contribution in [-0.4, -0.2) is 71.6 Å². The highest BCUT2D eigenvalue weighted by Gasteiger charge is 2.25. The Morgan fingerprint density at radius 2 is 1.61 bits per heavy atom. The van der Waals surface area contributed by atoms with E-state index in [9.17, 15) is 13.6 Å². The van der Waals surface area contributed by atoms with Gasteiger partial charge in [-0.2, -0.15) is 8.78 Å². The van der Waals surface area contributed by atoms with Crippen LogP contribution in [0.1, 0.15) is 22.0 Å². The number of carbonyl (C=O) groups is 1. The standard InChI is InChI=1S/C23H28F2N2O6/c1-29-18-6-4-15(12-20(18)30-2)17(27-8-10-32-11-9-27)14-26-22(28)16-5-7-19(33-23(24)25)21(13-16)31-3/h4-7,12-13,17,23H,8-11,14H2,1-3H3,(H,26,28). The zero-order chi connectivity index (χ0) is 23.8. The molecule has 0 saturated carbocycles. The van der Waals surface area contributed by atoms with E-state index in [1.54, 1.807) is 14.2 Å². The van der Waals surface area contributed by atoms with Gasteiger partial charge in [-0.1, -0.05) is 6.07 Å². The number of amides is 1. The van der Waals surface area contributed by atoms with Crippen molar-refractivity contribution in [1.82, 2.24) is 10.2 Å². The van der Waals surface area contributed by atoms with Crippen molar-refractivity contribution in [2.45, 2.75) is 12.7 Å². The van der Waals surface area contributed by atoms with E-state index < -0.39 is 6.61 Å². The number of nitrogens with one attached hydrogen (secondary N) is 1. The summed E-state index contributed by atoms with van der Waals surface area (Å²) in [7, 11) is 4.46. The Balaban J connectivity index is 1.79. The number of hydrogen-bond acceptors (Lipinski definition) is 7. The number of hydrogen-bond donors (Lipinski definition) is 1. The highest BCUT2D eigenvalue weighted by atomic mass is 19.3. The third kappa shape index (κ3) is 6.23. The van der Waals surface area contributed by atoms with Gasteiger partial charge in [0.25, 0.3) is 5.91 Å². The van der Waals surface area contributed by atoms with Gasteiger partial charge in [0.2, 0.25) is 0 Å². The van der Waals surface area contributed by atoms with Crippen LogP contribution in [0, 0.1) is 0 Å². The Morgan fingerprint density at radius 1 is 0.970 bits per heavy atom. The predicted octanol–water partition coefficient (Wildman–Crippen LogP) is 3.12. The van der Waals surface area contributed by atoms with E-state index in [1.165, 1.54) is 25.3 Å². The maximum absolute atomic E-state index is 12.8. The summed E-state index contributed by atoms with van der Waals surface area (Å²) in [6.07, 6.45) is 0. The molecule has 1 N–H and O–H groups in total. The van der Waals surface area contributed by atoms with Crippen molar-refractivity contribution in [3.63, 3.8) is 0 Å².